The summed E-state index contributed by atoms with van der Waals surface area (Å²) in [6.45, 7) is 11.1. The fourth-order valence-corrected chi connectivity index (χ4v) is 7.31. The third-order valence-corrected chi connectivity index (χ3v) is 10.5. The van der Waals surface area contributed by atoms with Crippen LogP contribution in [0.1, 0.15) is 71.5 Å². The Morgan fingerprint density at radius 3 is 2.53 bits per heavy atom. The summed E-state index contributed by atoms with van der Waals surface area (Å²) in [5.41, 5.74) is 7.08. The molecule has 306 valence electrons. The van der Waals surface area contributed by atoms with Gasteiger partial charge in [-0.2, -0.15) is 0 Å². The van der Waals surface area contributed by atoms with Gasteiger partial charge in [0.25, 0.3) is 11.8 Å². The average Bonchev–Trinajstić information content (AvgIpc) is 3.90. The Kier molecular flexibility index (Phi) is 14.0. The van der Waals surface area contributed by atoms with Crippen molar-refractivity contribution in [1.29, 1.82) is 0 Å². The minimum atomic E-state index is -0.499. The summed E-state index contributed by atoms with van der Waals surface area (Å²) in [6.07, 6.45) is 5.40. The molecule has 1 aliphatic rings. The van der Waals surface area contributed by atoms with Crippen LogP contribution < -0.4 is 31.3 Å². The minimum absolute atomic E-state index is 0.00788. The van der Waals surface area contributed by atoms with Crippen molar-refractivity contribution in [2.24, 2.45) is 0 Å². The third-order valence-electron chi connectivity index (χ3n) is 9.75. The number of anilines is 3. The number of hydrogen-bond donors (Lipinski definition) is 6. The van der Waals surface area contributed by atoms with E-state index in [9.17, 15) is 24.0 Å². The van der Waals surface area contributed by atoms with Crippen LogP contribution in [-0.4, -0.2) is 75.8 Å². The number of nitrogens with one attached hydrogen (secondary N) is 6. The van der Waals surface area contributed by atoms with Gasteiger partial charge in [0.15, 0.2) is 5.13 Å². The maximum absolute atomic E-state index is 13.1. The Labute approximate surface area is 346 Å². The smallest absolute Gasteiger partial charge is 0.321 e. The van der Waals surface area contributed by atoms with Gasteiger partial charge in [-0.1, -0.05) is 26.0 Å². The highest BCUT2D eigenvalue weighted by atomic mass is 32.1. The second-order valence-electron chi connectivity index (χ2n) is 13.8. The SMILES string of the molecule is CCN(CC)CCNC(=O)c1c(C)[nH]c(/C=C2\C(=O)Nc3ccc(NC(=O)CCCC(=O)Oc4cccc(CNC(=O)Nc5nc(-c6ccncc6)cs5)c4)cc32)c1C. The molecule has 0 unspecified atom stereocenters. The fourth-order valence-electron chi connectivity index (χ4n) is 6.60. The van der Waals surface area contributed by atoms with Gasteiger partial charge in [0.1, 0.15) is 5.75 Å². The molecule has 5 aromatic rings. The van der Waals surface area contributed by atoms with Crippen LogP contribution in [0.25, 0.3) is 22.9 Å². The molecule has 5 amide bonds. The largest absolute Gasteiger partial charge is 0.427 e. The van der Waals surface area contributed by atoms with Crippen LogP contribution in [0.4, 0.5) is 21.3 Å². The molecular weight excluding hydrogens is 771 g/mol. The van der Waals surface area contributed by atoms with E-state index in [1.165, 1.54) is 11.3 Å². The molecule has 1 aliphatic heterocycles. The molecule has 15 nitrogen and oxygen atoms in total. The van der Waals surface area contributed by atoms with Crippen LogP contribution in [-0.2, 0) is 20.9 Å². The number of urea groups is 1. The molecule has 6 N–H and O–H groups in total. The second-order valence-corrected chi connectivity index (χ2v) is 14.7. The lowest BCUT2D eigenvalue weighted by atomic mass is 10.0. The number of amides is 5. The monoisotopic (exact) mass is 817 g/mol. The van der Waals surface area contributed by atoms with Gasteiger partial charge in [0, 0.05) is 84.1 Å². The van der Waals surface area contributed by atoms with Gasteiger partial charge in [-0.25, -0.2) is 9.78 Å². The molecule has 0 saturated heterocycles. The minimum Gasteiger partial charge on any atom is -0.427 e. The molecule has 0 aliphatic carbocycles. The molecule has 6 rings (SSSR count). The molecule has 4 heterocycles. The Balaban J connectivity index is 0.963. The van der Waals surface area contributed by atoms with E-state index in [2.05, 4.69) is 60.3 Å². The highest BCUT2D eigenvalue weighted by Crippen LogP contribution is 2.36. The molecule has 0 radical (unpaired) electrons. The summed E-state index contributed by atoms with van der Waals surface area (Å²) in [6, 6.07) is 15.2. The predicted molar refractivity (Wildman–Crippen MR) is 229 cm³/mol. The van der Waals surface area contributed by atoms with Gasteiger partial charge in [-0.3, -0.25) is 29.5 Å². The number of benzene rings is 2. The Morgan fingerprint density at radius 2 is 1.75 bits per heavy atom. The van der Waals surface area contributed by atoms with Gasteiger partial charge in [0.2, 0.25) is 5.91 Å². The van der Waals surface area contributed by atoms with Gasteiger partial charge >= 0.3 is 12.0 Å². The molecule has 3 aromatic heterocycles. The maximum Gasteiger partial charge on any atom is 0.321 e. The summed E-state index contributed by atoms with van der Waals surface area (Å²) < 4.78 is 5.50. The van der Waals surface area contributed by atoms with Crippen molar-refractivity contribution < 1.29 is 28.7 Å². The zero-order chi connectivity index (χ0) is 41.9. The van der Waals surface area contributed by atoms with E-state index in [4.69, 9.17) is 4.74 Å². The number of aromatic nitrogens is 3. The van der Waals surface area contributed by atoms with Gasteiger partial charge in [-0.05, 0) is 93.0 Å². The summed E-state index contributed by atoms with van der Waals surface area (Å²) in [5, 5.41) is 16.5. The summed E-state index contributed by atoms with van der Waals surface area (Å²) in [5.74, 6) is -0.949. The Hall–Kier alpha value is -6.65. The number of esters is 1. The van der Waals surface area contributed by atoms with Crippen LogP contribution >= 0.6 is 11.3 Å². The Bertz CT molecular complexity index is 2370. The topological polar surface area (TPSA) is 200 Å². The predicted octanol–water partition coefficient (Wildman–Crippen LogP) is 6.75. The number of carbonyl (C=O) groups excluding carboxylic acids is 5. The van der Waals surface area contributed by atoms with Crippen LogP contribution in [0, 0.1) is 13.8 Å². The number of rotatable bonds is 17. The standard InChI is InChI=1S/C43H47N9O6S/c1-5-52(6-2)20-19-45-41(56)39-26(3)35(47-27(39)4)23-33-32-22-30(13-14-34(32)49-40(33)55)48-37(53)11-8-12-38(54)58-31-10-7-9-28(21-31)24-46-42(57)51-43-50-36(25-59-43)29-15-17-44-18-16-29/h7,9-10,13-18,21-23,25,47H,5-6,8,11-12,19-20,24H2,1-4H3,(H,45,56)(H,48,53)(H,49,55)(H2,46,50,51,57)/b33-23-. The van der Waals surface area contributed by atoms with E-state index in [0.717, 1.165) is 42.0 Å². The normalized spacial score (nSPS) is 12.6. The van der Waals surface area contributed by atoms with Gasteiger partial charge in [0.05, 0.1) is 16.8 Å². The first-order valence-electron chi connectivity index (χ1n) is 19.4. The third kappa shape index (κ3) is 11.1. The van der Waals surface area contributed by atoms with Crippen LogP contribution in [0.2, 0.25) is 0 Å². The number of aryl methyl sites for hydroxylation is 1. The number of hydrogen-bond acceptors (Lipinski definition) is 10. The highest BCUT2D eigenvalue weighted by Gasteiger charge is 2.26. The zero-order valence-corrected chi connectivity index (χ0v) is 34.2. The maximum atomic E-state index is 13.1. The quantitative estimate of drug-likeness (QED) is 0.0334. The molecule has 59 heavy (non-hydrogen) atoms. The van der Waals surface area contributed by atoms with Crippen molar-refractivity contribution in [3.63, 3.8) is 0 Å². The van der Waals surface area contributed by atoms with Gasteiger partial charge < -0.3 is 35.9 Å². The van der Waals surface area contributed by atoms with Crippen molar-refractivity contribution in [3.8, 4) is 17.0 Å². The van der Waals surface area contributed by atoms with Crippen LogP contribution in [0.5, 0.6) is 5.75 Å². The molecule has 2 aromatic carbocycles. The first-order valence-corrected chi connectivity index (χ1v) is 20.3. The number of carbonyl (C=O) groups is 5. The van der Waals surface area contributed by atoms with Gasteiger partial charge in [-0.15, -0.1) is 11.3 Å². The lowest BCUT2D eigenvalue weighted by Crippen LogP contribution is -2.35. The van der Waals surface area contributed by atoms with Crippen molar-refractivity contribution in [2.75, 3.05) is 42.1 Å². The molecule has 0 atom stereocenters. The summed E-state index contributed by atoms with van der Waals surface area (Å²) in [4.78, 5) is 78.1. The number of pyridine rings is 1. The van der Waals surface area contributed by atoms with Crippen molar-refractivity contribution >= 4 is 69.2 Å². The first-order chi connectivity index (χ1) is 28.5. The second kappa shape index (κ2) is 19.7. The number of ether oxygens (including phenoxy) is 1. The van der Waals surface area contributed by atoms with E-state index < -0.39 is 12.0 Å². The molecule has 0 bridgehead atoms. The number of likely N-dealkylation sites (N-methyl/N-ethyl adjacent to an activating group) is 1. The zero-order valence-electron chi connectivity index (χ0n) is 33.4. The van der Waals surface area contributed by atoms with E-state index in [0.29, 0.717) is 56.9 Å². The van der Waals surface area contributed by atoms with Crippen molar-refractivity contribution in [1.82, 2.24) is 30.5 Å². The van der Waals surface area contributed by atoms with Crippen molar-refractivity contribution in [3.05, 3.63) is 106 Å². The number of nitrogens with zero attached hydrogens (tertiary/aromatic N) is 3. The number of H-pyrrole nitrogens is 1. The lowest BCUT2D eigenvalue weighted by molar-refractivity contribution is -0.134. The molecular formula is C43H47N9O6S. The number of thiazole rings is 1. The number of aromatic amines is 1. The lowest BCUT2D eigenvalue weighted by Gasteiger charge is -2.18. The molecule has 0 saturated carbocycles. The average molecular weight is 818 g/mol. The van der Waals surface area contributed by atoms with E-state index in [1.54, 1.807) is 60.9 Å². The van der Waals surface area contributed by atoms with Crippen LogP contribution in [0.15, 0.2) is 72.4 Å². The summed E-state index contributed by atoms with van der Waals surface area (Å²) >= 11 is 1.31. The summed E-state index contributed by atoms with van der Waals surface area (Å²) in [7, 11) is 0. The highest BCUT2D eigenvalue weighted by molar-refractivity contribution is 7.14. The van der Waals surface area contributed by atoms with E-state index in [-0.39, 0.29) is 43.5 Å². The van der Waals surface area contributed by atoms with E-state index >= 15 is 0 Å². The molecule has 0 spiro atoms. The Morgan fingerprint density at radius 1 is 0.949 bits per heavy atom. The van der Waals surface area contributed by atoms with Crippen LogP contribution in [0.3, 0.4) is 0 Å². The fraction of sp³-hybridized carbons (Fsp3) is 0.279. The molecule has 0 fully saturated rings. The van der Waals surface area contributed by atoms with Crippen molar-refractivity contribution in [2.45, 2.75) is 53.5 Å². The first kappa shape index (κ1) is 42.0. The van der Waals surface area contributed by atoms with E-state index in [1.807, 2.05) is 31.4 Å². The molecule has 16 heteroatoms. The number of fused-ring (bicyclic) bond motifs is 1.